The summed E-state index contributed by atoms with van der Waals surface area (Å²) in [5, 5.41) is 8.36. The van der Waals surface area contributed by atoms with Crippen molar-refractivity contribution in [2.75, 3.05) is 26.2 Å². The fourth-order valence-corrected chi connectivity index (χ4v) is 2.64. The van der Waals surface area contributed by atoms with Crippen LogP contribution >= 0.6 is 0 Å². The van der Waals surface area contributed by atoms with E-state index in [4.69, 9.17) is 0 Å². The highest BCUT2D eigenvalue weighted by Gasteiger charge is 2.29. The van der Waals surface area contributed by atoms with Gasteiger partial charge in [0.25, 0.3) is 0 Å². The molecule has 1 heterocycles. The van der Waals surface area contributed by atoms with Crippen LogP contribution in [-0.4, -0.2) is 55.1 Å². The molecular weight excluding hydrogens is 256 g/mol. The molecule has 0 aromatic rings. The van der Waals surface area contributed by atoms with Gasteiger partial charge in [0.2, 0.25) is 5.91 Å². The molecule has 1 fully saturated rings. The number of nitrogens with one attached hydrogen (secondary N) is 3. The zero-order valence-corrected chi connectivity index (χ0v) is 12.9. The Morgan fingerprint density at radius 2 is 2.15 bits per heavy atom. The lowest BCUT2D eigenvalue weighted by molar-refractivity contribution is -0.125. The van der Waals surface area contributed by atoms with Crippen molar-refractivity contribution >= 4 is 11.9 Å². The van der Waals surface area contributed by atoms with E-state index in [-0.39, 0.29) is 11.9 Å². The zero-order valence-electron chi connectivity index (χ0n) is 12.9. The smallest absolute Gasteiger partial charge is 0.321 e. The molecule has 1 saturated heterocycles. The summed E-state index contributed by atoms with van der Waals surface area (Å²) in [5.74, 6) is -0.227. The molecule has 0 aromatic heterocycles. The zero-order chi connectivity index (χ0) is 15.0. The van der Waals surface area contributed by atoms with E-state index in [2.05, 4.69) is 27.8 Å². The van der Waals surface area contributed by atoms with Crippen LogP contribution in [0.15, 0.2) is 0 Å². The van der Waals surface area contributed by atoms with Gasteiger partial charge in [-0.15, -0.1) is 0 Å². The minimum Gasteiger partial charge on any atom is -0.338 e. The lowest BCUT2D eigenvalue weighted by atomic mass is 10.0. The first kappa shape index (κ1) is 16.9. The van der Waals surface area contributed by atoms with Gasteiger partial charge in [0.05, 0.1) is 6.04 Å². The van der Waals surface area contributed by atoms with E-state index in [1.807, 2.05) is 13.8 Å². The SMILES string of the molecule is CCCN(C1CCCNC1)C(C)C(=O)NC(=O)NCC. The summed E-state index contributed by atoms with van der Waals surface area (Å²) in [6, 6.07) is -0.330. The van der Waals surface area contributed by atoms with Gasteiger partial charge in [-0.3, -0.25) is 15.0 Å². The first-order valence-corrected chi connectivity index (χ1v) is 7.65. The van der Waals surface area contributed by atoms with Crippen molar-refractivity contribution in [2.24, 2.45) is 0 Å². The second-order valence-electron chi connectivity index (χ2n) is 5.26. The fourth-order valence-electron chi connectivity index (χ4n) is 2.64. The maximum absolute atomic E-state index is 12.2. The Morgan fingerprint density at radius 1 is 1.40 bits per heavy atom. The Hall–Kier alpha value is -1.14. The summed E-state index contributed by atoms with van der Waals surface area (Å²) in [6.07, 6.45) is 3.23. The number of amides is 3. The first-order valence-electron chi connectivity index (χ1n) is 7.65. The number of hydrogen-bond donors (Lipinski definition) is 3. The molecular formula is C14H28N4O2. The van der Waals surface area contributed by atoms with Gasteiger partial charge in [-0.1, -0.05) is 6.92 Å². The van der Waals surface area contributed by atoms with E-state index in [0.29, 0.717) is 12.6 Å². The molecule has 0 aliphatic carbocycles. The molecule has 1 aliphatic rings. The molecule has 6 heteroatoms. The van der Waals surface area contributed by atoms with Crippen LogP contribution in [0.2, 0.25) is 0 Å². The van der Waals surface area contributed by atoms with Crippen molar-refractivity contribution in [1.29, 1.82) is 0 Å². The molecule has 116 valence electrons. The number of nitrogens with zero attached hydrogens (tertiary/aromatic N) is 1. The molecule has 0 aromatic carbocycles. The number of rotatable bonds is 6. The molecule has 3 N–H and O–H groups in total. The Labute approximate surface area is 121 Å². The maximum Gasteiger partial charge on any atom is 0.321 e. The largest absolute Gasteiger partial charge is 0.338 e. The predicted octanol–water partition coefficient (Wildman–Crippen LogP) is 0.685. The number of hydrogen-bond acceptors (Lipinski definition) is 4. The molecule has 2 unspecified atom stereocenters. The quantitative estimate of drug-likeness (QED) is 0.671. The van der Waals surface area contributed by atoms with E-state index in [0.717, 1.165) is 38.9 Å². The van der Waals surface area contributed by atoms with E-state index >= 15 is 0 Å². The monoisotopic (exact) mass is 284 g/mol. The van der Waals surface area contributed by atoms with Crippen molar-refractivity contribution in [3.63, 3.8) is 0 Å². The van der Waals surface area contributed by atoms with Crippen molar-refractivity contribution in [3.8, 4) is 0 Å². The number of carbonyl (C=O) groups is 2. The molecule has 0 saturated carbocycles. The number of urea groups is 1. The minimum absolute atomic E-state index is 0.227. The van der Waals surface area contributed by atoms with Gasteiger partial charge >= 0.3 is 6.03 Å². The number of piperidine rings is 1. The second-order valence-corrected chi connectivity index (χ2v) is 5.26. The maximum atomic E-state index is 12.2. The molecule has 0 spiro atoms. The van der Waals surface area contributed by atoms with Crippen molar-refractivity contribution < 1.29 is 9.59 Å². The van der Waals surface area contributed by atoms with Gasteiger partial charge < -0.3 is 10.6 Å². The number of carbonyl (C=O) groups excluding carboxylic acids is 2. The van der Waals surface area contributed by atoms with Crippen LogP contribution in [0.25, 0.3) is 0 Å². The molecule has 1 rings (SSSR count). The average Bonchev–Trinajstić information content (AvgIpc) is 2.45. The van der Waals surface area contributed by atoms with E-state index in [1.165, 1.54) is 0 Å². The van der Waals surface area contributed by atoms with E-state index < -0.39 is 6.03 Å². The summed E-state index contributed by atoms with van der Waals surface area (Å²) >= 11 is 0. The first-order chi connectivity index (χ1) is 9.60. The topological polar surface area (TPSA) is 73.5 Å². The third-order valence-electron chi connectivity index (χ3n) is 3.67. The Kier molecular flexibility index (Phi) is 7.54. The van der Waals surface area contributed by atoms with E-state index in [9.17, 15) is 9.59 Å². The van der Waals surface area contributed by atoms with Crippen LogP contribution in [0.3, 0.4) is 0 Å². The second kappa shape index (κ2) is 8.92. The van der Waals surface area contributed by atoms with Gasteiger partial charge in [0.1, 0.15) is 0 Å². The van der Waals surface area contributed by atoms with Crippen molar-refractivity contribution in [3.05, 3.63) is 0 Å². The summed E-state index contributed by atoms with van der Waals surface area (Å²) in [6.45, 7) is 9.16. The normalized spacial score (nSPS) is 20.5. The van der Waals surface area contributed by atoms with E-state index in [1.54, 1.807) is 0 Å². The Bertz CT molecular complexity index is 316. The summed E-state index contributed by atoms with van der Waals surface area (Å²) in [5.41, 5.74) is 0. The van der Waals surface area contributed by atoms with Crippen LogP contribution < -0.4 is 16.0 Å². The fraction of sp³-hybridized carbons (Fsp3) is 0.857. The molecule has 0 radical (unpaired) electrons. The molecule has 6 nitrogen and oxygen atoms in total. The average molecular weight is 284 g/mol. The van der Waals surface area contributed by atoms with Gasteiger partial charge in [-0.25, -0.2) is 4.79 Å². The van der Waals surface area contributed by atoms with Crippen molar-refractivity contribution in [2.45, 2.75) is 52.1 Å². The highest BCUT2D eigenvalue weighted by Crippen LogP contribution is 2.14. The van der Waals surface area contributed by atoms with Crippen LogP contribution in [0.5, 0.6) is 0 Å². The van der Waals surface area contributed by atoms with Gasteiger partial charge in [-0.2, -0.15) is 0 Å². The van der Waals surface area contributed by atoms with Crippen LogP contribution in [0.1, 0.15) is 40.0 Å². The summed E-state index contributed by atoms with van der Waals surface area (Å²) in [4.78, 5) is 25.8. The molecule has 1 aliphatic heterocycles. The predicted molar refractivity (Wildman–Crippen MR) is 79.6 cm³/mol. The van der Waals surface area contributed by atoms with Gasteiger partial charge in [0, 0.05) is 19.1 Å². The van der Waals surface area contributed by atoms with Crippen LogP contribution in [-0.2, 0) is 4.79 Å². The Morgan fingerprint density at radius 3 is 2.70 bits per heavy atom. The standard InChI is InChI=1S/C14H28N4O2/c1-4-9-18(12-7-6-8-15-10-12)11(3)13(19)17-14(20)16-5-2/h11-12,15H,4-10H2,1-3H3,(H2,16,17,19,20). The summed E-state index contributed by atoms with van der Waals surface area (Å²) < 4.78 is 0. The lowest BCUT2D eigenvalue weighted by Gasteiger charge is -2.37. The van der Waals surface area contributed by atoms with Gasteiger partial charge in [0.15, 0.2) is 0 Å². The molecule has 2 atom stereocenters. The molecule has 3 amide bonds. The number of imide groups is 1. The van der Waals surface area contributed by atoms with Crippen LogP contribution in [0.4, 0.5) is 4.79 Å². The summed E-state index contributed by atoms with van der Waals surface area (Å²) in [7, 11) is 0. The molecule has 20 heavy (non-hydrogen) atoms. The highest BCUT2D eigenvalue weighted by atomic mass is 16.2. The van der Waals surface area contributed by atoms with Crippen molar-refractivity contribution in [1.82, 2.24) is 20.9 Å². The minimum atomic E-state index is -0.414. The molecule has 0 bridgehead atoms. The highest BCUT2D eigenvalue weighted by molar-refractivity contribution is 5.96. The lowest BCUT2D eigenvalue weighted by Crippen LogP contribution is -2.56. The van der Waals surface area contributed by atoms with Gasteiger partial charge in [-0.05, 0) is 46.2 Å². The Balaban J connectivity index is 2.59. The third kappa shape index (κ3) is 5.09. The third-order valence-corrected chi connectivity index (χ3v) is 3.67. The van der Waals surface area contributed by atoms with Crippen LogP contribution in [0, 0.1) is 0 Å².